The fourth-order valence-electron chi connectivity index (χ4n) is 2.27. The minimum atomic E-state index is -0.350. The lowest BCUT2D eigenvalue weighted by Crippen LogP contribution is -2.15. The molecule has 0 bridgehead atoms. The van der Waals surface area contributed by atoms with Crippen LogP contribution in [0.5, 0.6) is 5.75 Å². The third kappa shape index (κ3) is 3.11. The Labute approximate surface area is 123 Å². The molecule has 0 aliphatic rings. The van der Waals surface area contributed by atoms with E-state index in [0.717, 1.165) is 11.1 Å². The van der Waals surface area contributed by atoms with Gasteiger partial charge >= 0.3 is 0 Å². The number of benzene rings is 2. The Hall–Kier alpha value is -1.58. The van der Waals surface area contributed by atoms with Crippen molar-refractivity contribution in [2.75, 3.05) is 7.11 Å². The molecule has 2 rings (SSSR count). The van der Waals surface area contributed by atoms with Crippen LogP contribution in [0.1, 0.15) is 22.7 Å². The number of hydrogen-bond acceptors (Lipinski definition) is 2. The second kappa shape index (κ2) is 6.25. The molecule has 0 saturated carbocycles. The van der Waals surface area contributed by atoms with E-state index in [2.05, 4.69) is 0 Å². The Bertz CT molecular complexity index is 615. The van der Waals surface area contributed by atoms with Crippen molar-refractivity contribution in [1.82, 2.24) is 0 Å². The lowest BCUT2D eigenvalue weighted by atomic mass is 9.96. The van der Waals surface area contributed by atoms with Crippen LogP contribution in [0.4, 0.5) is 4.39 Å². The molecule has 0 aliphatic carbocycles. The molecule has 0 fully saturated rings. The monoisotopic (exact) mass is 293 g/mol. The smallest absolute Gasteiger partial charge is 0.168 e. The van der Waals surface area contributed by atoms with Crippen molar-refractivity contribution < 1.29 is 9.13 Å². The number of aryl methyl sites for hydroxylation is 1. The van der Waals surface area contributed by atoms with Crippen molar-refractivity contribution in [2.45, 2.75) is 19.4 Å². The third-order valence-electron chi connectivity index (χ3n) is 3.33. The van der Waals surface area contributed by atoms with Crippen LogP contribution in [-0.4, -0.2) is 7.11 Å². The SMILES string of the molecule is COc1cccc(CC(N)c2ccc(Cl)cc2C)c1F. The summed E-state index contributed by atoms with van der Waals surface area (Å²) in [5.41, 5.74) is 8.71. The standard InChI is InChI=1S/C16H17ClFNO/c1-10-8-12(17)6-7-13(10)14(19)9-11-4-3-5-15(20-2)16(11)18/h3-8,14H,9,19H2,1-2H3. The topological polar surface area (TPSA) is 35.2 Å². The minimum Gasteiger partial charge on any atom is -0.494 e. The molecule has 0 radical (unpaired) electrons. The highest BCUT2D eigenvalue weighted by Gasteiger charge is 2.15. The first kappa shape index (κ1) is 14.8. The molecule has 0 amide bonds. The minimum absolute atomic E-state index is 0.238. The van der Waals surface area contributed by atoms with E-state index in [1.54, 1.807) is 24.3 Å². The van der Waals surface area contributed by atoms with Gasteiger partial charge in [0.25, 0.3) is 0 Å². The predicted octanol–water partition coefficient (Wildman–Crippen LogP) is 4.04. The van der Waals surface area contributed by atoms with Crippen LogP contribution in [0.2, 0.25) is 5.02 Å². The van der Waals surface area contributed by atoms with E-state index < -0.39 is 0 Å². The van der Waals surface area contributed by atoms with E-state index in [0.29, 0.717) is 17.0 Å². The second-order valence-electron chi connectivity index (χ2n) is 4.74. The maximum atomic E-state index is 14.1. The Kier molecular flexibility index (Phi) is 4.63. The highest BCUT2D eigenvalue weighted by molar-refractivity contribution is 6.30. The van der Waals surface area contributed by atoms with Crippen molar-refractivity contribution in [3.63, 3.8) is 0 Å². The Balaban J connectivity index is 2.25. The molecular formula is C16H17ClFNO. The highest BCUT2D eigenvalue weighted by Crippen LogP contribution is 2.26. The van der Waals surface area contributed by atoms with Crippen molar-refractivity contribution in [2.24, 2.45) is 5.73 Å². The van der Waals surface area contributed by atoms with Gasteiger partial charge in [-0.1, -0.05) is 29.8 Å². The molecule has 106 valence electrons. The van der Waals surface area contributed by atoms with E-state index in [-0.39, 0.29) is 17.6 Å². The third-order valence-corrected chi connectivity index (χ3v) is 3.57. The van der Waals surface area contributed by atoms with E-state index in [4.69, 9.17) is 22.1 Å². The van der Waals surface area contributed by atoms with Gasteiger partial charge in [0.1, 0.15) is 0 Å². The van der Waals surface area contributed by atoms with Crippen molar-refractivity contribution in [3.05, 3.63) is 63.9 Å². The number of hydrogen-bond donors (Lipinski definition) is 1. The van der Waals surface area contributed by atoms with Crippen LogP contribution in [0.15, 0.2) is 36.4 Å². The molecule has 0 heterocycles. The molecule has 4 heteroatoms. The summed E-state index contributed by atoms with van der Waals surface area (Å²) in [6, 6.07) is 10.3. The van der Waals surface area contributed by atoms with Crippen LogP contribution in [0, 0.1) is 12.7 Å². The summed E-state index contributed by atoms with van der Waals surface area (Å²) in [6.45, 7) is 1.95. The van der Waals surface area contributed by atoms with Crippen molar-refractivity contribution in [3.8, 4) is 5.75 Å². The molecule has 0 spiro atoms. The number of halogens is 2. The number of methoxy groups -OCH3 is 1. The largest absolute Gasteiger partial charge is 0.494 e. The summed E-state index contributed by atoms with van der Waals surface area (Å²) in [4.78, 5) is 0. The first-order chi connectivity index (χ1) is 9.52. The van der Waals surface area contributed by atoms with E-state index in [9.17, 15) is 4.39 Å². The van der Waals surface area contributed by atoms with Crippen LogP contribution in [0.25, 0.3) is 0 Å². The van der Waals surface area contributed by atoms with Crippen molar-refractivity contribution >= 4 is 11.6 Å². The zero-order valence-electron chi connectivity index (χ0n) is 11.5. The maximum absolute atomic E-state index is 14.1. The average Bonchev–Trinajstić information content (AvgIpc) is 2.41. The summed E-state index contributed by atoms with van der Waals surface area (Å²) in [5.74, 6) is -0.111. The van der Waals surface area contributed by atoms with Gasteiger partial charge in [-0.2, -0.15) is 0 Å². The molecule has 1 unspecified atom stereocenters. The van der Waals surface area contributed by atoms with Crippen LogP contribution < -0.4 is 10.5 Å². The summed E-state index contributed by atoms with van der Waals surface area (Å²) >= 11 is 5.93. The summed E-state index contributed by atoms with van der Waals surface area (Å²) in [7, 11) is 1.45. The second-order valence-corrected chi connectivity index (χ2v) is 5.18. The lowest BCUT2D eigenvalue weighted by molar-refractivity contribution is 0.383. The molecule has 2 aromatic rings. The Morgan fingerprint density at radius 3 is 2.70 bits per heavy atom. The average molecular weight is 294 g/mol. The molecule has 1 atom stereocenters. The fourth-order valence-corrected chi connectivity index (χ4v) is 2.50. The van der Waals surface area contributed by atoms with E-state index >= 15 is 0 Å². The molecule has 2 N–H and O–H groups in total. The molecule has 20 heavy (non-hydrogen) atoms. The molecule has 0 saturated heterocycles. The van der Waals surface area contributed by atoms with Gasteiger partial charge in [-0.3, -0.25) is 0 Å². The fraction of sp³-hybridized carbons (Fsp3) is 0.250. The van der Waals surface area contributed by atoms with Gasteiger partial charge in [0.15, 0.2) is 11.6 Å². The zero-order valence-corrected chi connectivity index (χ0v) is 12.2. The zero-order chi connectivity index (χ0) is 14.7. The lowest BCUT2D eigenvalue weighted by Gasteiger charge is -2.16. The Morgan fingerprint density at radius 1 is 1.30 bits per heavy atom. The maximum Gasteiger partial charge on any atom is 0.168 e. The number of rotatable bonds is 4. The van der Waals surface area contributed by atoms with Gasteiger partial charge < -0.3 is 10.5 Å². The predicted molar refractivity (Wildman–Crippen MR) is 79.8 cm³/mol. The molecular weight excluding hydrogens is 277 g/mol. The van der Waals surface area contributed by atoms with Gasteiger partial charge in [-0.15, -0.1) is 0 Å². The van der Waals surface area contributed by atoms with Crippen LogP contribution in [-0.2, 0) is 6.42 Å². The molecule has 2 aromatic carbocycles. The summed E-state index contributed by atoms with van der Waals surface area (Å²) in [5, 5.41) is 0.672. The number of ether oxygens (including phenoxy) is 1. The quantitative estimate of drug-likeness (QED) is 0.923. The van der Waals surface area contributed by atoms with Crippen molar-refractivity contribution in [1.29, 1.82) is 0 Å². The molecule has 0 aliphatic heterocycles. The van der Waals surface area contributed by atoms with Gasteiger partial charge in [-0.05, 0) is 48.2 Å². The number of nitrogens with two attached hydrogens (primary N) is 1. The molecule has 2 nitrogen and oxygen atoms in total. The summed E-state index contributed by atoms with van der Waals surface area (Å²) in [6.07, 6.45) is 0.408. The van der Waals surface area contributed by atoms with Gasteiger partial charge in [-0.25, -0.2) is 4.39 Å². The van der Waals surface area contributed by atoms with E-state index in [1.807, 2.05) is 19.1 Å². The molecule has 0 aromatic heterocycles. The van der Waals surface area contributed by atoms with Gasteiger partial charge in [0.2, 0.25) is 0 Å². The first-order valence-corrected chi connectivity index (χ1v) is 6.73. The highest BCUT2D eigenvalue weighted by atomic mass is 35.5. The van der Waals surface area contributed by atoms with Crippen LogP contribution >= 0.6 is 11.6 Å². The summed E-state index contributed by atoms with van der Waals surface area (Å²) < 4.78 is 19.1. The van der Waals surface area contributed by atoms with Gasteiger partial charge in [0.05, 0.1) is 7.11 Å². The van der Waals surface area contributed by atoms with Gasteiger partial charge in [0, 0.05) is 11.1 Å². The van der Waals surface area contributed by atoms with E-state index in [1.165, 1.54) is 7.11 Å². The first-order valence-electron chi connectivity index (χ1n) is 6.36. The Morgan fingerprint density at radius 2 is 2.05 bits per heavy atom. The van der Waals surface area contributed by atoms with Crippen LogP contribution in [0.3, 0.4) is 0 Å². The normalized spacial score (nSPS) is 12.2.